The maximum atomic E-state index is 12.3. The molecule has 1 aromatic rings. The van der Waals surface area contributed by atoms with Crippen molar-refractivity contribution in [1.29, 1.82) is 0 Å². The zero-order valence-electron chi connectivity index (χ0n) is 12.5. The van der Waals surface area contributed by atoms with Gasteiger partial charge in [-0.25, -0.2) is 0 Å². The number of nitrogens with zero attached hydrogens (tertiary/aromatic N) is 1. The molecule has 4 heteroatoms. The number of carbonyl (C=O) groups excluding carboxylic acids is 1. The lowest BCUT2D eigenvalue weighted by Crippen LogP contribution is -2.53. The molecule has 1 saturated heterocycles. The van der Waals surface area contributed by atoms with E-state index in [-0.39, 0.29) is 18.1 Å². The third kappa shape index (κ3) is 3.02. The van der Waals surface area contributed by atoms with E-state index in [0.717, 1.165) is 5.56 Å². The second-order valence-corrected chi connectivity index (χ2v) is 5.53. The molecule has 2 rings (SSSR count). The Balaban J connectivity index is 2.16. The highest BCUT2D eigenvalue weighted by molar-refractivity contribution is 5.82. The van der Waals surface area contributed by atoms with E-state index in [4.69, 9.17) is 10.5 Å². The van der Waals surface area contributed by atoms with E-state index in [2.05, 4.69) is 19.1 Å². The summed E-state index contributed by atoms with van der Waals surface area (Å²) in [7, 11) is 0. The van der Waals surface area contributed by atoms with E-state index in [1.165, 1.54) is 5.56 Å². The maximum absolute atomic E-state index is 12.3. The van der Waals surface area contributed by atoms with Crippen LogP contribution in [0.5, 0.6) is 0 Å². The van der Waals surface area contributed by atoms with Gasteiger partial charge in [0.05, 0.1) is 25.2 Å². The Hall–Kier alpha value is -1.39. The molecule has 110 valence electrons. The van der Waals surface area contributed by atoms with E-state index in [1.54, 1.807) is 0 Å². The van der Waals surface area contributed by atoms with Crippen LogP contribution in [-0.4, -0.2) is 36.0 Å². The quantitative estimate of drug-likeness (QED) is 0.919. The van der Waals surface area contributed by atoms with Crippen LogP contribution < -0.4 is 5.73 Å². The SMILES string of the molecule is CC[C@H](N)C(=O)N1C[C@@H](c2ccccc2C)OC[C@@H]1C. The Labute approximate surface area is 120 Å². The van der Waals surface area contributed by atoms with Gasteiger partial charge in [-0.15, -0.1) is 0 Å². The summed E-state index contributed by atoms with van der Waals surface area (Å²) < 4.78 is 5.92. The lowest BCUT2D eigenvalue weighted by Gasteiger charge is -2.39. The Morgan fingerprint density at radius 3 is 2.85 bits per heavy atom. The standard InChI is InChI=1S/C16H24N2O2/c1-4-14(17)16(19)18-9-15(20-10-12(18)3)13-8-6-5-7-11(13)2/h5-8,12,14-15H,4,9-10,17H2,1-3H3/t12-,14-,15-/m0/s1. The van der Waals surface area contributed by atoms with Crippen molar-refractivity contribution in [3.05, 3.63) is 35.4 Å². The lowest BCUT2D eigenvalue weighted by atomic mass is 10.0. The molecular formula is C16H24N2O2. The van der Waals surface area contributed by atoms with Crippen molar-refractivity contribution in [2.24, 2.45) is 5.73 Å². The molecule has 3 atom stereocenters. The smallest absolute Gasteiger partial charge is 0.239 e. The first-order chi connectivity index (χ1) is 9.54. The predicted octanol–water partition coefficient (Wildman–Crippen LogP) is 2.02. The third-order valence-electron chi connectivity index (χ3n) is 4.01. The largest absolute Gasteiger partial charge is 0.370 e. The number of hydrogen-bond acceptors (Lipinski definition) is 3. The van der Waals surface area contributed by atoms with Crippen molar-refractivity contribution in [3.63, 3.8) is 0 Å². The lowest BCUT2D eigenvalue weighted by molar-refractivity contribution is -0.146. The van der Waals surface area contributed by atoms with Crippen LogP contribution in [0.1, 0.15) is 37.5 Å². The molecule has 1 amide bonds. The molecule has 4 nitrogen and oxygen atoms in total. The van der Waals surface area contributed by atoms with Gasteiger partial charge in [0.2, 0.25) is 5.91 Å². The van der Waals surface area contributed by atoms with Gasteiger partial charge in [-0.05, 0) is 31.4 Å². The van der Waals surface area contributed by atoms with Crippen molar-refractivity contribution >= 4 is 5.91 Å². The summed E-state index contributed by atoms with van der Waals surface area (Å²) in [4.78, 5) is 14.2. The summed E-state index contributed by atoms with van der Waals surface area (Å²) in [5.41, 5.74) is 8.24. The fourth-order valence-electron chi connectivity index (χ4n) is 2.59. The Morgan fingerprint density at radius 2 is 2.20 bits per heavy atom. The molecule has 0 aromatic heterocycles. The maximum Gasteiger partial charge on any atom is 0.239 e. The van der Waals surface area contributed by atoms with Crippen LogP contribution in [0.25, 0.3) is 0 Å². The van der Waals surface area contributed by atoms with Crippen LogP contribution in [0.3, 0.4) is 0 Å². The molecule has 0 saturated carbocycles. The van der Waals surface area contributed by atoms with Crippen molar-refractivity contribution < 1.29 is 9.53 Å². The van der Waals surface area contributed by atoms with Crippen LogP contribution in [0.15, 0.2) is 24.3 Å². The first-order valence-electron chi connectivity index (χ1n) is 7.27. The summed E-state index contributed by atoms with van der Waals surface area (Å²) in [6.45, 7) is 7.15. The van der Waals surface area contributed by atoms with Gasteiger partial charge in [0.25, 0.3) is 0 Å². The Bertz CT molecular complexity index is 475. The van der Waals surface area contributed by atoms with Crippen molar-refractivity contribution in [3.8, 4) is 0 Å². The summed E-state index contributed by atoms with van der Waals surface area (Å²) in [5, 5.41) is 0. The van der Waals surface area contributed by atoms with Gasteiger partial charge in [-0.3, -0.25) is 4.79 Å². The van der Waals surface area contributed by atoms with E-state index in [0.29, 0.717) is 19.6 Å². The number of morpholine rings is 1. The number of carbonyl (C=O) groups is 1. The van der Waals surface area contributed by atoms with Crippen LogP contribution in [0, 0.1) is 6.92 Å². The van der Waals surface area contributed by atoms with Gasteiger partial charge in [0, 0.05) is 0 Å². The van der Waals surface area contributed by atoms with Crippen LogP contribution in [0.2, 0.25) is 0 Å². The molecule has 0 bridgehead atoms. The number of aryl methyl sites for hydroxylation is 1. The fraction of sp³-hybridized carbons (Fsp3) is 0.562. The van der Waals surface area contributed by atoms with Gasteiger partial charge < -0.3 is 15.4 Å². The number of benzene rings is 1. The van der Waals surface area contributed by atoms with Crippen LogP contribution >= 0.6 is 0 Å². The molecule has 0 aliphatic carbocycles. The zero-order chi connectivity index (χ0) is 14.7. The average Bonchev–Trinajstić information content (AvgIpc) is 2.47. The summed E-state index contributed by atoms with van der Waals surface area (Å²) >= 11 is 0. The Morgan fingerprint density at radius 1 is 1.50 bits per heavy atom. The number of hydrogen-bond donors (Lipinski definition) is 1. The second-order valence-electron chi connectivity index (χ2n) is 5.53. The highest BCUT2D eigenvalue weighted by Gasteiger charge is 2.32. The van der Waals surface area contributed by atoms with Gasteiger partial charge in [0.15, 0.2) is 0 Å². The summed E-state index contributed by atoms with van der Waals surface area (Å²) in [6.07, 6.45) is 0.609. The number of amides is 1. The predicted molar refractivity (Wildman–Crippen MR) is 79.3 cm³/mol. The molecule has 0 unspecified atom stereocenters. The van der Waals surface area contributed by atoms with E-state index in [9.17, 15) is 4.79 Å². The minimum atomic E-state index is -0.409. The first kappa shape index (κ1) is 15.0. The van der Waals surface area contributed by atoms with Crippen LogP contribution in [-0.2, 0) is 9.53 Å². The van der Waals surface area contributed by atoms with E-state index >= 15 is 0 Å². The van der Waals surface area contributed by atoms with Gasteiger partial charge >= 0.3 is 0 Å². The molecule has 20 heavy (non-hydrogen) atoms. The molecule has 1 aliphatic heterocycles. The fourth-order valence-corrected chi connectivity index (χ4v) is 2.59. The molecule has 1 aromatic carbocycles. The molecule has 1 aliphatic rings. The van der Waals surface area contributed by atoms with Crippen molar-refractivity contribution in [1.82, 2.24) is 4.90 Å². The van der Waals surface area contributed by atoms with E-state index < -0.39 is 6.04 Å². The highest BCUT2D eigenvalue weighted by Crippen LogP contribution is 2.27. The van der Waals surface area contributed by atoms with Crippen molar-refractivity contribution in [2.75, 3.05) is 13.2 Å². The minimum Gasteiger partial charge on any atom is -0.370 e. The number of nitrogens with two attached hydrogens (primary N) is 1. The Kier molecular flexibility index (Phi) is 4.78. The first-order valence-corrected chi connectivity index (χ1v) is 7.27. The normalized spacial score (nSPS) is 24.5. The van der Waals surface area contributed by atoms with Gasteiger partial charge in [-0.2, -0.15) is 0 Å². The van der Waals surface area contributed by atoms with Crippen molar-refractivity contribution in [2.45, 2.75) is 45.4 Å². The molecule has 1 fully saturated rings. The third-order valence-corrected chi connectivity index (χ3v) is 4.01. The summed E-state index contributed by atoms with van der Waals surface area (Å²) in [5.74, 6) is 0.0295. The number of ether oxygens (including phenoxy) is 1. The average molecular weight is 276 g/mol. The second kappa shape index (κ2) is 6.37. The molecular weight excluding hydrogens is 252 g/mol. The molecule has 1 heterocycles. The molecule has 2 N–H and O–H groups in total. The highest BCUT2D eigenvalue weighted by atomic mass is 16.5. The monoisotopic (exact) mass is 276 g/mol. The topological polar surface area (TPSA) is 55.6 Å². The van der Waals surface area contributed by atoms with E-state index in [1.807, 2.05) is 30.9 Å². The minimum absolute atomic E-state index is 0.0295. The van der Waals surface area contributed by atoms with Gasteiger partial charge in [0.1, 0.15) is 6.10 Å². The molecule has 0 spiro atoms. The molecule has 0 radical (unpaired) electrons. The van der Waals surface area contributed by atoms with Gasteiger partial charge in [-0.1, -0.05) is 31.2 Å². The zero-order valence-corrected chi connectivity index (χ0v) is 12.5. The number of rotatable bonds is 3. The van der Waals surface area contributed by atoms with Crippen LogP contribution in [0.4, 0.5) is 0 Å². The summed E-state index contributed by atoms with van der Waals surface area (Å²) in [6, 6.07) is 7.83.